The van der Waals surface area contributed by atoms with Gasteiger partial charge in [-0.15, -0.1) is 0 Å². The van der Waals surface area contributed by atoms with Crippen LogP contribution in [0.2, 0.25) is 5.02 Å². The van der Waals surface area contributed by atoms with E-state index in [9.17, 15) is 13.2 Å². The Labute approximate surface area is 171 Å². The summed E-state index contributed by atoms with van der Waals surface area (Å²) in [6.45, 7) is 0.403. The Morgan fingerprint density at radius 2 is 1.64 bits per heavy atom. The normalized spacial score (nSPS) is 18.0. The van der Waals surface area contributed by atoms with Crippen LogP contribution in [0.1, 0.15) is 17.5 Å². The van der Waals surface area contributed by atoms with Gasteiger partial charge in [-0.05, 0) is 41.8 Å². The van der Waals surface area contributed by atoms with Crippen molar-refractivity contribution in [2.24, 2.45) is 0 Å². The van der Waals surface area contributed by atoms with Crippen LogP contribution >= 0.6 is 11.6 Å². The van der Waals surface area contributed by atoms with Gasteiger partial charge >= 0.3 is 0 Å². The minimum Gasteiger partial charge on any atom is -0.378 e. The first-order valence-electron chi connectivity index (χ1n) is 9.24. The highest BCUT2D eigenvalue weighted by Gasteiger charge is 2.34. The van der Waals surface area contributed by atoms with Crippen LogP contribution in [0.5, 0.6) is 0 Å². The first-order valence-corrected chi connectivity index (χ1v) is 11.4. The number of nitrogens with zero attached hydrogens (tertiary/aromatic N) is 2. The number of carbonyl (C=O) groups excluding carboxylic acids is 1. The van der Waals surface area contributed by atoms with Gasteiger partial charge < -0.3 is 9.80 Å². The van der Waals surface area contributed by atoms with E-state index >= 15 is 0 Å². The molecule has 0 spiro atoms. The molecule has 3 rings (SSSR count). The zero-order valence-electron chi connectivity index (χ0n) is 16.1. The molecule has 0 aliphatic carbocycles. The predicted octanol–water partition coefficient (Wildman–Crippen LogP) is 3.16. The molecule has 7 heteroatoms. The quantitative estimate of drug-likeness (QED) is 0.720. The summed E-state index contributed by atoms with van der Waals surface area (Å²) in [6.07, 6.45) is 0.716. The Morgan fingerprint density at radius 3 is 2.18 bits per heavy atom. The highest BCUT2D eigenvalue weighted by Crippen LogP contribution is 2.23. The second kappa shape index (κ2) is 8.53. The standard InChI is InChI=1S/C21H25ClN2O3S/c1-23(2)19-9-5-17(6-10-19)14-24(20-11-12-28(26,27)15-20)21(25)13-16-3-7-18(22)8-4-16/h3-10,20H,11-15H2,1-2H3. The van der Waals surface area contributed by atoms with E-state index < -0.39 is 9.84 Å². The van der Waals surface area contributed by atoms with Crippen molar-refractivity contribution < 1.29 is 13.2 Å². The van der Waals surface area contributed by atoms with Crippen molar-refractivity contribution in [3.05, 3.63) is 64.7 Å². The Bertz CT molecular complexity index is 925. The highest BCUT2D eigenvalue weighted by molar-refractivity contribution is 7.91. The van der Waals surface area contributed by atoms with Gasteiger partial charge in [0.25, 0.3) is 0 Å². The van der Waals surface area contributed by atoms with Crippen LogP contribution in [-0.2, 0) is 27.6 Å². The van der Waals surface area contributed by atoms with Gasteiger partial charge in [0, 0.05) is 37.4 Å². The number of rotatable bonds is 6. The molecule has 2 aromatic carbocycles. The molecule has 1 amide bonds. The molecule has 5 nitrogen and oxygen atoms in total. The summed E-state index contributed by atoms with van der Waals surface area (Å²) in [5.74, 6) is 0.109. The number of carbonyl (C=O) groups is 1. The van der Waals surface area contributed by atoms with Crippen LogP contribution in [0.15, 0.2) is 48.5 Å². The molecule has 150 valence electrons. The summed E-state index contributed by atoms with van der Waals surface area (Å²) in [4.78, 5) is 16.8. The van der Waals surface area contributed by atoms with Crippen LogP contribution in [0.4, 0.5) is 5.69 Å². The minimum absolute atomic E-state index is 0.0368. The molecule has 2 aromatic rings. The van der Waals surface area contributed by atoms with Crippen molar-refractivity contribution in [3.63, 3.8) is 0 Å². The second-order valence-electron chi connectivity index (χ2n) is 7.44. The van der Waals surface area contributed by atoms with Gasteiger partial charge in [0.15, 0.2) is 9.84 Å². The molecule has 1 aliphatic heterocycles. The molecular formula is C21H25ClN2O3S. The molecule has 1 atom stereocenters. The van der Waals surface area contributed by atoms with Crippen LogP contribution in [0, 0.1) is 0 Å². The van der Waals surface area contributed by atoms with E-state index in [2.05, 4.69) is 0 Å². The zero-order valence-corrected chi connectivity index (χ0v) is 17.7. The molecule has 0 N–H and O–H groups in total. The zero-order chi connectivity index (χ0) is 20.3. The fraction of sp³-hybridized carbons (Fsp3) is 0.381. The first-order chi connectivity index (χ1) is 13.2. The topological polar surface area (TPSA) is 57.7 Å². The van der Waals surface area contributed by atoms with E-state index in [1.54, 1.807) is 17.0 Å². The Kier molecular flexibility index (Phi) is 6.30. The van der Waals surface area contributed by atoms with E-state index in [0.29, 0.717) is 18.0 Å². The fourth-order valence-electron chi connectivity index (χ4n) is 3.42. The third-order valence-electron chi connectivity index (χ3n) is 5.04. The third kappa shape index (κ3) is 5.26. The number of sulfone groups is 1. The minimum atomic E-state index is -3.08. The van der Waals surface area contributed by atoms with Crippen molar-refractivity contribution in [1.29, 1.82) is 0 Å². The molecule has 28 heavy (non-hydrogen) atoms. The maximum absolute atomic E-state index is 13.1. The molecule has 1 fully saturated rings. The number of hydrogen-bond acceptors (Lipinski definition) is 4. The summed E-state index contributed by atoms with van der Waals surface area (Å²) >= 11 is 5.92. The molecule has 0 bridgehead atoms. The van der Waals surface area contributed by atoms with Gasteiger partial charge in [-0.1, -0.05) is 35.9 Å². The lowest BCUT2D eigenvalue weighted by Crippen LogP contribution is -2.41. The summed E-state index contributed by atoms with van der Waals surface area (Å²) in [7, 11) is 0.864. The Balaban J connectivity index is 1.80. The Morgan fingerprint density at radius 1 is 1.04 bits per heavy atom. The second-order valence-corrected chi connectivity index (χ2v) is 10.1. The average Bonchev–Trinajstić information content (AvgIpc) is 3.01. The monoisotopic (exact) mass is 420 g/mol. The van der Waals surface area contributed by atoms with Crippen LogP contribution in [0.3, 0.4) is 0 Å². The smallest absolute Gasteiger partial charge is 0.227 e. The van der Waals surface area contributed by atoms with Gasteiger partial charge in [-0.2, -0.15) is 0 Å². The molecular weight excluding hydrogens is 396 g/mol. The van der Waals surface area contributed by atoms with E-state index in [0.717, 1.165) is 16.8 Å². The fourth-order valence-corrected chi connectivity index (χ4v) is 5.27. The lowest BCUT2D eigenvalue weighted by Gasteiger charge is -2.29. The van der Waals surface area contributed by atoms with Crippen LogP contribution in [-0.4, -0.2) is 50.9 Å². The molecule has 0 saturated carbocycles. The van der Waals surface area contributed by atoms with E-state index in [-0.39, 0.29) is 29.9 Å². The van der Waals surface area contributed by atoms with Crippen molar-refractivity contribution in [2.75, 3.05) is 30.5 Å². The summed E-state index contributed by atoms with van der Waals surface area (Å²) in [5.41, 5.74) is 2.92. The van der Waals surface area contributed by atoms with E-state index in [1.165, 1.54) is 0 Å². The number of amides is 1. The SMILES string of the molecule is CN(C)c1ccc(CN(C(=O)Cc2ccc(Cl)cc2)C2CCS(=O)(=O)C2)cc1. The first kappa shape index (κ1) is 20.7. The molecule has 0 radical (unpaired) electrons. The molecule has 0 aromatic heterocycles. The van der Waals surface area contributed by atoms with Gasteiger partial charge in [0.1, 0.15) is 0 Å². The number of anilines is 1. The van der Waals surface area contributed by atoms with E-state index in [4.69, 9.17) is 11.6 Å². The van der Waals surface area contributed by atoms with Crippen molar-refractivity contribution in [1.82, 2.24) is 4.90 Å². The van der Waals surface area contributed by atoms with Crippen molar-refractivity contribution in [2.45, 2.75) is 25.4 Å². The number of hydrogen-bond donors (Lipinski definition) is 0. The predicted molar refractivity (Wildman–Crippen MR) is 114 cm³/mol. The van der Waals surface area contributed by atoms with Crippen molar-refractivity contribution >= 4 is 33.0 Å². The molecule has 1 heterocycles. The number of benzene rings is 2. The molecule has 1 unspecified atom stereocenters. The van der Waals surface area contributed by atoms with E-state index in [1.807, 2.05) is 55.4 Å². The van der Waals surface area contributed by atoms with Crippen LogP contribution in [0.25, 0.3) is 0 Å². The Hall–Kier alpha value is -2.05. The lowest BCUT2D eigenvalue weighted by atomic mass is 10.1. The van der Waals surface area contributed by atoms with Gasteiger partial charge in [0.2, 0.25) is 5.91 Å². The van der Waals surface area contributed by atoms with Gasteiger partial charge in [-0.25, -0.2) is 8.42 Å². The van der Waals surface area contributed by atoms with Gasteiger partial charge in [-0.3, -0.25) is 4.79 Å². The third-order valence-corrected chi connectivity index (χ3v) is 7.05. The lowest BCUT2D eigenvalue weighted by molar-refractivity contribution is -0.133. The molecule has 1 saturated heterocycles. The highest BCUT2D eigenvalue weighted by atomic mass is 35.5. The summed E-state index contributed by atoms with van der Waals surface area (Å²) < 4.78 is 24.0. The molecule has 1 aliphatic rings. The number of halogens is 1. The summed E-state index contributed by atoms with van der Waals surface area (Å²) in [5, 5.41) is 0.621. The van der Waals surface area contributed by atoms with Crippen molar-refractivity contribution in [3.8, 4) is 0 Å². The average molecular weight is 421 g/mol. The van der Waals surface area contributed by atoms with Crippen LogP contribution < -0.4 is 4.90 Å². The maximum atomic E-state index is 13.1. The summed E-state index contributed by atoms with van der Waals surface area (Å²) in [6, 6.07) is 14.9. The maximum Gasteiger partial charge on any atom is 0.227 e. The largest absolute Gasteiger partial charge is 0.378 e. The van der Waals surface area contributed by atoms with Gasteiger partial charge in [0.05, 0.1) is 17.9 Å².